The lowest BCUT2D eigenvalue weighted by Gasteiger charge is -2.52. The molecule has 4 aromatic rings. The van der Waals surface area contributed by atoms with E-state index in [9.17, 15) is 27.6 Å². The van der Waals surface area contributed by atoms with E-state index in [-0.39, 0.29) is 38.3 Å². The summed E-state index contributed by atoms with van der Waals surface area (Å²) in [6.07, 6.45) is -1.44. The third kappa shape index (κ3) is 7.89. The minimum absolute atomic E-state index is 0.0655. The summed E-state index contributed by atoms with van der Waals surface area (Å²) >= 11 is 0. The summed E-state index contributed by atoms with van der Waals surface area (Å²) in [5.41, 5.74) is 2.02. The van der Waals surface area contributed by atoms with E-state index in [4.69, 9.17) is 9.47 Å². The first-order chi connectivity index (χ1) is 24.2. The predicted molar refractivity (Wildman–Crippen MR) is 180 cm³/mol. The van der Waals surface area contributed by atoms with Gasteiger partial charge in [-0.2, -0.15) is 13.2 Å². The number of benzene rings is 4. The first kappa shape index (κ1) is 34.4. The molecule has 8 nitrogen and oxygen atoms in total. The number of likely N-dealkylation sites (tertiary alicyclic amines) is 1. The third-order valence-corrected chi connectivity index (χ3v) is 8.84. The Kier molecular flexibility index (Phi) is 10.6. The minimum atomic E-state index is -4.54. The smallest absolute Gasteiger partial charge is 0.416 e. The van der Waals surface area contributed by atoms with Crippen molar-refractivity contribution in [3.05, 3.63) is 149 Å². The van der Waals surface area contributed by atoms with Crippen molar-refractivity contribution < 1.29 is 37.0 Å². The lowest BCUT2D eigenvalue weighted by molar-refractivity contribution is -0.163. The van der Waals surface area contributed by atoms with Gasteiger partial charge in [-0.15, -0.1) is 0 Å². The molecule has 0 radical (unpaired) electrons. The van der Waals surface area contributed by atoms with Crippen molar-refractivity contribution in [2.45, 2.75) is 49.9 Å². The van der Waals surface area contributed by atoms with Gasteiger partial charge in [-0.25, -0.2) is 4.79 Å². The lowest BCUT2D eigenvalue weighted by Crippen LogP contribution is -2.74. The van der Waals surface area contributed by atoms with Crippen LogP contribution in [0.25, 0.3) is 6.08 Å². The zero-order chi connectivity index (χ0) is 35.1. The summed E-state index contributed by atoms with van der Waals surface area (Å²) in [7, 11) is 0. The Morgan fingerprint density at radius 3 is 2.26 bits per heavy atom. The molecular weight excluding hydrogens is 647 g/mol. The maximum Gasteiger partial charge on any atom is 0.416 e. The van der Waals surface area contributed by atoms with Gasteiger partial charge in [-0.3, -0.25) is 14.5 Å². The van der Waals surface area contributed by atoms with Crippen LogP contribution in [0.4, 0.5) is 18.0 Å². The molecule has 3 amide bonds. The molecule has 2 saturated heterocycles. The van der Waals surface area contributed by atoms with Crippen molar-refractivity contribution >= 4 is 24.0 Å². The highest BCUT2D eigenvalue weighted by Gasteiger charge is 2.57. The number of amides is 3. The molecule has 1 N–H and O–H groups in total. The topological polar surface area (TPSA) is 88.2 Å². The Balaban J connectivity index is 1.28. The van der Waals surface area contributed by atoms with Gasteiger partial charge in [0.25, 0.3) is 0 Å². The number of cyclic esters (lactones) is 1. The first-order valence-electron chi connectivity index (χ1n) is 16.3. The highest BCUT2D eigenvalue weighted by molar-refractivity contribution is 5.98. The zero-order valence-electron chi connectivity index (χ0n) is 27.0. The van der Waals surface area contributed by atoms with Crippen LogP contribution >= 0.6 is 0 Å². The SMILES string of the molecule is O=C(NCc1cccc(C(F)(F)F)c1)C(CCOCc1ccccc1)N1C(=O)[C@@H](N2C(=O)OC[C@@H]2c2ccccc2)[C@H]1/C=C/c1ccccc1. The number of ether oxygens (including phenoxy) is 2. The van der Waals surface area contributed by atoms with Gasteiger partial charge in [0.05, 0.1) is 24.3 Å². The van der Waals surface area contributed by atoms with Gasteiger partial charge in [-0.05, 0) is 34.4 Å². The van der Waals surface area contributed by atoms with Crippen LogP contribution in [-0.4, -0.2) is 59.0 Å². The normalized spacial score (nSPS) is 19.7. The van der Waals surface area contributed by atoms with E-state index in [1.54, 1.807) is 6.08 Å². The second-order valence-corrected chi connectivity index (χ2v) is 12.1. The van der Waals surface area contributed by atoms with E-state index < -0.39 is 53.8 Å². The Morgan fingerprint density at radius 2 is 1.56 bits per heavy atom. The second-order valence-electron chi connectivity index (χ2n) is 12.1. The van der Waals surface area contributed by atoms with Crippen molar-refractivity contribution in [2.24, 2.45) is 0 Å². The molecule has 0 aromatic heterocycles. The number of rotatable bonds is 13. The van der Waals surface area contributed by atoms with Crippen molar-refractivity contribution in [3.8, 4) is 0 Å². The number of nitrogens with zero attached hydrogens (tertiary/aromatic N) is 2. The van der Waals surface area contributed by atoms with E-state index in [2.05, 4.69) is 5.32 Å². The van der Waals surface area contributed by atoms with Crippen LogP contribution in [0.3, 0.4) is 0 Å². The number of carbonyl (C=O) groups is 3. The van der Waals surface area contributed by atoms with E-state index >= 15 is 0 Å². The zero-order valence-corrected chi connectivity index (χ0v) is 27.0. The fourth-order valence-electron chi connectivity index (χ4n) is 6.32. The van der Waals surface area contributed by atoms with Crippen molar-refractivity contribution in [3.63, 3.8) is 0 Å². The maximum absolute atomic E-state index is 14.2. The number of nitrogens with one attached hydrogen (secondary N) is 1. The molecule has 2 aliphatic rings. The van der Waals surface area contributed by atoms with Crippen LogP contribution in [-0.2, 0) is 38.4 Å². The molecule has 2 aliphatic heterocycles. The lowest BCUT2D eigenvalue weighted by atomic mass is 9.87. The van der Waals surface area contributed by atoms with Gasteiger partial charge in [0.15, 0.2) is 0 Å². The summed E-state index contributed by atoms with van der Waals surface area (Å²) in [5.74, 6) is -1.01. The van der Waals surface area contributed by atoms with Crippen LogP contribution < -0.4 is 5.32 Å². The van der Waals surface area contributed by atoms with Crippen LogP contribution in [0.15, 0.2) is 121 Å². The van der Waals surface area contributed by atoms with Gasteiger partial charge < -0.3 is 19.7 Å². The summed E-state index contributed by atoms with van der Waals surface area (Å²) in [4.78, 5) is 44.2. The summed E-state index contributed by atoms with van der Waals surface area (Å²) < 4.78 is 51.5. The van der Waals surface area contributed by atoms with Gasteiger partial charge in [0.2, 0.25) is 11.8 Å². The average molecular weight is 684 g/mol. The molecular formula is C39H36F3N3O5. The van der Waals surface area contributed by atoms with E-state index in [1.165, 1.54) is 21.9 Å². The van der Waals surface area contributed by atoms with Gasteiger partial charge in [-0.1, -0.05) is 115 Å². The Bertz CT molecular complexity index is 1800. The molecule has 11 heteroatoms. The molecule has 4 atom stereocenters. The molecule has 0 bridgehead atoms. The minimum Gasteiger partial charge on any atom is -0.447 e. The van der Waals surface area contributed by atoms with Gasteiger partial charge in [0, 0.05) is 19.6 Å². The van der Waals surface area contributed by atoms with Crippen molar-refractivity contribution in [1.82, 2.24) is 15.1 Å². The molecule has 0 spiro atoms. The monoisotopic (exact) mass is 683 g/mol. The molecule has 258 valence electrons. The fraction of sp³-hybridized carbons (Fsp3) is 0.256. The molecule has 2 fully saturated rings. The summed E-state index contributed by atoms with van der Waals surface area (Å²) in [5, 5.41) is 2.74. The first-order valence-corrected chi connectivity index (χ1v) is 16.3. The summed E-state index contributed by atoms with van der Waals surface area (Å²) in [6, 6.07) is 29.6. The number of halogens is 3. The Labute approximate surface area is 288 Å². The van der Waals surface area contributed by atoms with Crippen LogP contribution in [0.5, 0.6) is 0 Å². The van der Waals surface area contributed by atoms with Gasteiger partial charge in [0.1, 0.15) is 18.7 Å². The largest absolute Gasteiger partial charge is 0.447 e. The quantitative estimate of drug-likeness (QED) is 0.124. The highest BCUT2D eigenvalue weighted by atomic mass is 19.4. The van der Waals surface area contributed by atoms with Crippen LogP contribution in [0.1, 0.15) is 40.3 Å². The van der Waals surface area contributed by atoms with Crippen LogP contribution in [0.2, 0.25) is 0 Å². The number of hydrogen-bond acceptors (Lipinski definition) is 5. The number of alkyl halides is 3. The Morgan fingerprint density at radius 1 is 0.900 bits per heavy atom. The second kappa shape index (κ2) is 15.4. The average Bonchev–Trinajstić information content (AvgIpc) is 3.51. The standard InChI is InChI=1S/C39H36F3N3O5/c40-39(41,42)31-18-10-15-29(23-31)24-43-36(46)33(21-22-49-25-28-13-6-2-7-14-28)44-32(20-19-27-11-4-1-5-12-27)35(37(44)47)45-34(26-50-38(45)48)30-16-8-3-9-17-30/h1-20,23,32-35H,21-22,24-26H2,(H,43,46)/b20-19+/t32-,33?,34-,35+/m1/s1. The maximum atomic E-state index is 14.2. The fourth-order valence-corrected chi connectivity index (χ4v) is 6.32. The van der Waals surface area contributed by atoms with Crippen molar-refractivity contribution in [2.75, 3.05) is 13.2 Å². The number of β-lactam (4-membered cyclic amide) rings is 1. The van der Waals surface area contributed by atoms with Gasteiger partial charge >= 0.3 is 12.3 Å². The highest BCUT2D eigenvalue weighted by Crippen LogP contribution is 2.39. The van der Waals surface area contributed by atoms with E-state index in [1.807, 2.05) is 97.1 Å². The third-order valence-electron chi connectivity index (χ3n) is 8.84. The number of hydrogen-bond donors (Lipinski definition) is 1. The van der Waals surface area contributed by atoms with Crippen LogP contribution in [0, 0.1) is 0 Å². The summed E-state index contributed by atoms with van der Waals surface area (Å²) in [6.45, 7) is 0.273. The molecule has 4 aromatic carbocycles. The van der Waals surface area contributed by atoms with Crippen molar-refractivity contribution in [1.29, 1.82) is 0 Å². The molecule has 0 saturated carbocycles. The molecule has 2 heterocycles. The molecule has 50 heavy (non-hydrogen) atoms. The molecule has 1 unspecified atom stereocenters. The Hall–Kier alpha value is -5.42. The molecule has 6 rings (SSSR count). The number of carbonyl (C=O) groups excluding carboxylic acids is 3. The van der Waals surface area contributed by atoms with E-state index in [0.29, 0.717) is 0 Å². The predicted octanol–water partition coefficient (Wildman–Crippen LogP) is 6.78. The molecule has 0 aliphatic carbocycles. The van der Waals surface area contributed by atoms with E-state index in [0.717, 1.165) is 28.8 Å².